The van der Waals surface area contributed by atoms with Crippen molar-refractivity contribution in [2.75, 3.05) is 20.8 Å². The summed E-state index contributed by atoms with van der Waals surface area (Å²) >= 11 is 0. The van der Waals surface area contributed by atoms with Crippen LogP contribution < -0.4 is 10.1 Å². The van der Waals surface area contributed by atoms with Crippen LogP contribution in [0.5, 0.6) is 5.75 Å². The standard InChI is InChI=1S/C17H26FNO2/c1-4-11-19-16(17(21-3)9-5-6-10-17)14-8-7-13(20-2)12-15(14)18/h7-8,12,16,19H,4-6,9-11H2,1-3H3. The van der Waals surface area contributed by atoms with E-state index in [0.29, 0.717) is 11.3 Å². The molecule has 0 aliphatic heterocycles. The van der Waals surface area contributed by atoms with Crippen LogP contribution in [0.2, 0.25) is 0 Å². The molecule has 0 amide bonds. The van der Waals surface area contributed by atoms with Crippen molar-refractivity contribution in [3.8, 4) is 5.75 Å². The minimum absolute atomic E-state index is 0.115. The van der Waals surface area contributed by atoms with Gasteiger partial charge in [0.15, 0.2) is 0 Å². The van der Waals surface area contributed by atoms with Crippen LogP contribution in [0, 0.1) is 5.82 Å². The van der Waals surface area contributed by atoms with Gasteiger partial charge in [-0.3, -0.25) is 0 Å². The summed E-state index contributed by atoms with van der Waals surface area (Å²) in [5.41, 5.74) is 0.373. The lowest BCUT2D eigenvalue weighted by atomic mass is 9.86. The average molecular weight is 295 g/mol. The Balaban J connectivity index is 2.35. The number of benzene rings is 1. The van der Waals surface area contributed by atoms with Crippen molar-refractivity contribution in [3.63, 3.8) is 0 Å². The minimum Gasteiger partial charge on any atom is -0.497 e. The molecule has 1 atom stereocenters. The van der Waals surface area contributed by atoms with Gasteiger partial charge in [0.25, 0.3) is 0 Å². The number of methoxy groups -OCH3 is 2. The maximum atomic E-state index is 14.5. The fourth-order valence-electron chi connectivity index (χ4n) is 3.32. The molecule has 0 spiro atoms. The van der Waals surface area contributed by atoms with Crippen LogP contribution in [-0.4, -0.2) is 26.4 Å². The van der Waals surface area contributed by atoms with Gasteiger partial charge in [-0.15, -0.1) is 0 Å². The molecule has 1 aliphatic rings. The minimum atomic E-state index is -0.301. The van der Waals surface area contributed by atoms with E-state index in [2.05, 4.69) is 12.2 Å². The Kier molecular flexibility index (Phi) is 5.59. The van der Waals surface area contributed by atoms with Gasteiger partial charge < -0.3 is 14.8 Å². The zero-order chi connectivity index (χ0) is 15.3. The SMILES string of the molecule is CCCNC(c1ccc(OC)cc1F)C1(OC)CCCC1. The van der Waals surface area contributed by atoms with E-state index in [1.165, 1.54) is 6.07 Å². The average Bonchev–Trinajstić information content (AvgIpc) is 2.99. The van der Waals surface area contributed by atoms with Crippen LogP contribution in [0.4, 0.5) is 4.39 Å². The van der Waals surface area contributed by atoms with E-state index in [1.54, 1.807) is 14.2 Å². The smallest absolute Gasteiger partial charge is 0.131 e. The van der Waals surface area contributed by atoms with Crippen LogP contribution in [0.15, 0.2) is 18.2 Å². The van der Waals surface area contributed by atoms with Crippen molar-refractivity contribution >= 4 is 0 Å². The second-order valence-electron chi connectivity index (χ2n) is 5.75. The Morgan fingerprint density at radius 3 is 2.52 bits per heavy atom. The third kappa shape index (κ3) is 3.38. The molecule has 2 rings (SSSR count). The highest BCUT2D eigenvalue weighted by atomic mass is 19.1. The number of hydrogen-bond donors (Lipinski definition) is 1. The van der Waals surface area contributed by atoms with Crippen molar-refractivity contribution < 1.29 is 13.9 Å². The molecule has 0 bridgehead atoms. The van der Waals surface area contributed by atoms with Gasteiger partial charge >= 0.3 is 0 Å². The monoisotopic (exact) mass is 295 g/mol. The first-order valence-electron chi connectivity index (χ1n) is 7.79. The van der Waals surface area contributed by atoms with E-state index in [0.717, 1.165) is 38.6 Å². The van der Waals surface area contributed by atoms with Gasteiger partial charge in [0.2, 0.25) is 0 Å². The number of ether oxygens (including phenoxy) is 2. The second kappa shape index (κ2) is 7.23. The predicted octanol–water partition coefficient (Wildman–Crippen LogP) is 3.83. The Hall–Kier alpha value is -1.13. The molecule has 1 unspecified atom stereocenters. The molecule has 3 nitrogen and oxygen atoms in total. The number of nitrogens with one attached hydrogen (secondary N) is 1. The molecular weight excluding hydrogens is 269 g/mol. The molecule has 1 N–H and O–H groups in total. The second-order valence-corrected chi connectivity index (χ2v) is 5.75. The summed E-state index contributed by atoms with van der Waals surface area (Å²) in [7, 11) is 3.29. The van der Waals surface area contributed by atoms with E-state index in [4.69, 9.17) is 9.47 Å². The Morgan fingerprint density at radius 2 is 2.00 bits per heavy atom. The number of rotatable bonds is 7. The summed E-state index contributed by atoms with van der Waals surface area (Å²) < 4.78 is 25.5. The maximum Gasteiger partial charge on any atom is 0.131 e. The molecule has 0 saturated heterocycles. The molecule has 0 heterocycles. The maximum absolute atomic E-state index is 14.5. The van der Waals surface area contributed by atoms with Gasteiger partial charge in [0.1, 0.15) is 11.6 Å². The van der Waals surface area contributed by atoms with Crippen LogP contribution in [0.25, 0.3) is 0 Å². The first kappa shape index (κ1) is 16.2. The zero-order valence-corrected chi connectivity index (χ0v) is 13.2. The summed E-state index contributed by atoms with van der Waals surface area (Å²) in [5, 5.41) is 3.49. The van der Waals surface area contributed by atoms with Gasteiger partial charge in [-0.05, 0) is 31.9 Å². The normalized spacial score (nSPS) is 18.7. The molecule has 1 aliphatic carbocycles. The van der Waals surface area contributed by atoms with Crippen LogP contribution in [-0.2, 0) is 4.74 Å². The molecule has 0 radical (unpaired) electrons. The van der Waals surface area contributed by atoms with Crippen LogP contribution in [0.3, 0.4) is 0 Å². The molecule has 1 aromatic rings. The van der Waals surface area contributed by atoms with Crippen LogP contribution in [0.1, 0.15) is 50.6 Å². The molecule has 1 aromatic carbocycles. The van der Waals surface area contributed by atoms with E-state index in [1.807, 2.05) is 12.1 Å². The summed E-state index contributed by atoms with van der Waals surface area (Å²) in [5.74, 6) is 0.314. The topological polar surface area (TPSA) is 30.5 Å². The van der Waals surface area contributed by atoms with Gasteiger partial charge in [-0.1, -0.05) is 25.8 Å². The predicted molar refractivity (Wildman–Crippen MR) is 82.2 cm³/mol. The third-order valence-electron chi connectivity index (χ3n) is 4.50. The fraction of sp³-hybridized carbons (Fsp3) is 0.647. The summed E-state index contributed by atoms with van der Waals surface area (Å²) in [4.78, 5) is 0. The highest BCUT2D eigenvalue weighted by molar-refractivity contribution is 5.32. The van der Waals surface area contributed by atoms with Crippen molar-refractivity contribution in [2.24, 2.45) is 0 Å². The highest BCUT2D eigenvalue weighted by Gasteiger charge is 2.43. The van der Waals surface area contributed by atoms with E-state index < -0.39 is 0 Å². The lowest BCUT2D eigenvalue weighted by Crippen LogP contribution is -2.44. The first-order chi connectivity index (χ1) is 10.2. The lowest BCUT2D eigenvalue weighted by Gasteiger charge is -2.37. The van der Waals surface area contributed by atoms with Gasteiger partial charge in [0, 0.05) is 18.7 Å². The van der Waals surface area contributed by atoms with Gasteiger partial charge in [-0.2, -0.15) is 0 Å². The Bertz CT molecular complexity index is 458. The lowest BCUT2D eigenvalue weighted by molar-refractivity contribution is -0.0376. The number of halogens is 1. The zero-order valence-electron chi connectivity index (χ0n) is 13.2. The summed E-state index contributed by atoms with van der Waals surface area (Å²) in [6.45, 7) is 2.96. The van der Waals surface area contributed by atoms with Gasteiger partial charge in [-0.25, -0.2) is 4.39 Å². The highest BCUT2D eigenvalue weighted by Crippen LogP contribution is 2.43. The third-order valence-corrected chi connectivity index (χ3v) is 4.50. The molecule has 1 saturated carbocycles. The van der Waals surface area contributed by atoms with E-state index in [9.17, 15) is 4.39 Å². The van der Waals surface area contributed by atoms with E-state index >= 15 is 0 Å². The summed E-state index contributed by atoms with van der Waals surface area (Å²) in [6.07, 6.45) is 5.21. The van der Waals surface area contributed by atoms with Crippen molar-refractivity contribution in [2.45, 2.75) is 50.7 Å². The molecule has 0 aromatic heterocycles. The summed E-state index contributed by atoms with van der Waals surface area (Å²) in [6, 6.07) is 4.97. The van der Waals surface area contributed by atoms with Crippen molar-refractivity contribution in [1.82, 2.24) is 5.32 Å². The molecule has 118 valence electrons. The van der Waals surface area contributed by atoms with Gasteiger partial charge in [0.05, 0.1) is 18.8 Å². The Morgan fingerprint density at radius 1 is 1.29 bits per heavy atom. The van der Waals surface area contributed by atoms with Crippen LogP contribution >= 0.6 is 0 Å². The fourth-order valence-corrected chi connectivity index (χ4v) is 3.32. The first-order valence-corrected chi connectivity index (χ1v) is 7.79. The van der Waals surface area contributed by atoms with Crippen molar-refractivity contribution in [3.05, 3.63) is 29.6 Å². The number of hydrogen-bond acceptors (Lipinski definition) is 3. The largest absolute Gasteiger partial charge is 0.497 e. The Labute approximate surface area is 126 Å². The van der Waals surface area contributed by atoms with Crippen molar-refractivity contribution in [1.29, 1.82) is 0 Å². The molecule has 4 heteroatoms. The van der Waals surface area contributed by atoms with E-state index in [-0.39, 0.29) is 17.5 Å². The molecule has 21 heavy (non-hydrogen) atoms. The molecular formula is C17H26FNO2. The molecule has 1 fully saturated rings. The quantitative estimate of drug-likeness (QED) is 0.829.